The molecule has 0 saturated heterocycles. The molecule has 1 amide bonds. The van der Waals surface area contributed by atoms with E-state index in [4.69, 9.17) is 21.1 Å². The summed E-state index contributed by atoms with van der Waals surface area (Å²) in [6.07, 6.45) is 1.24. The fraction of sp³-hybridized carbons (Fsp3) is 0.267. The van der Waals surface area contributed by atoms with Crippen LogP contribution in [0.4, 0.5) is 11.4 Å². The fourth-order valence-electron chi connectivity index (χ4n) is 5.37. The fourth-order valence-corrected chi connectivity index (χ4v) is 5.57. The summed E-state index contributed by atoms with van der Waals surface area (Å²) in [6.45, 7) is 1.84. The lowest BCUT2D eigenvalue weighted by molar-refractivity contribution is -0.119. The maximum absolute atomic E-state index is 14.0. The number of ketones is 1. The summed E-state index contributed by atoms with van der Waals surface area (Å²) in [4.78, 5) is 29.3. The summed E-state index contributed by atoms with van der Waals surface area (Å²) < 4.78 is 11.0. The zero-order valence-electron chi connectivity index (χ0n) is 21.1. The lowest BCUT2D eigenvalue weighted by atomic mass is 9.78. The number of benzene rings is 3. The Morgan fingerprint density at radius 2 is 1.76 bits per heavy atom. The van der Waals surface area contributed by atoms with Crippen molar-refractivity contribution in [2.45, 2.75) is 38.1 Å². The third-order valence-electron chi connectivity index (χ3n) is 7.10. The van der Waals surface area contributed by atoms with Gasteiger partial charge < -0.3 is 14.8 Å². The summed E-state index contributed by atoms with van der Waals surface area (Å²) >= 11 is 6.28. The van der Waals surface area contributed by atoms with Crippen LogP contribution in [-0.2, 0) is 9.59 Å². The zero-order valence-corrected chi connectivity index (χ0v) is 21.8. The summed E-state index contributed by atoms with van der Waals surface area (Å²) in [6, 6.07) is 20.3. The van der Waals surface area contributed by atoms with Gasteiger partial charge in [-0.15, -0.1) is 0 Å². The molecule has 7 heteroatoms. The Labute approximate surface area is 221 Å². The van der Waals surface area contributed by atoms with Crippen molar-refractivity contribution in [3.8, 4) is 11.5 Å². The van der Waals surface area contributed by atoms with E-state index in [0.29, 0.717) is 41.4 Å². The van der Waals surface area contributed by atoms with E-state index in [1.165, 1.54) is 0 Å². The number of hydrogen-bond acceptors (Lipinski definition) is 5. The van der Waals surface area contributed by atoms with Crippen molar-refractivity contribution in [2.24, 2.45) is 0 Å². The Hall–Kier alpha value is -3.77. The van der Waals surface area contributed by atoms with Gasteiger partial charge in [0, 0.05) is 29.1 Å². The van der Waals surface area contributed by atoms with E-state index in [-0.39, 0.29) is 17.6 Å². The molecule has 190 valence electrons. The highest BCUT2D eigenvalue weighted by atomic mass is 35.5. The van der Waals surface area contributed by atoms with Gasteiger partial charge in [0.1, 0.15) is 0 Å². The number of rotatable bonds is 5. The molecule has 1 aliphatic heterocycles. The van der Waals surface area contributed by atoms with Crippen LogP contribution in [0, 0.1) is 0 Å². The van der Waals surface area contributed by atoms with Gasteiger partial charge >= 0.3 is 0 Å². The number of nitrogens with one attached hydrogen (secondary N) is 1. The Morgan fingerprint density at radius 3 is 2.49 bits per heavy atom. The van der Waals surface area contributed by atoms with Gasteiger partial charge in [-0.3, -0.25) is 14.5 Å². The lowest BCUT2D eigenvalue weighted by Gasteiger charge is -2.35. The first-order chi connectivity index (χ1) is 17.9. The average Bonchev–Trinajstić information content (AvgIpc) is 3.06. The summed E-state index contributed by atoms with van der Waals surface area (Å²) in [5.41, 5.74) is 4.74. The molecule has 2 atom stereocenters. The second-order valence-corrected chi connectivity index (χ2v) is 9.69. The van der Waals surface area contributed by atoms with Gasteiger partial charge in [-0.1, -0.05) is 48.9 Å². The van der Waals surface area contributed by atoms with Gasteiger partial charge in [0.2, 0.25) is 5.91 Å². The average molecular weight is 517 g/mol. The highest BCUT2D eigenvalue weighted by molar-refractivity contribution is 6.30. The Balaban J connectivity index is 1.72. The van der Waals surface area contributed by atoms with Crippen molar-refractivity contribution in [2.75, 3.05) is 24.4 Å². The molecule has 0 spiro atoms. The number of carbonyl (C=O) groups is 2. The molecule has 1 N–H and O–H groups in total. The minimum absolute atomic E-state index is 0.000203. The summed E-state index contributed by atoms with van der Waals surface area (Å²) in [7, 11) is 3.16. The van der Waals surface area contributed by atoms with Crippen LogP contribution in [0.2, 0.25) is 5.02 Å². The summed E-state index contributed by atoms with van der Waals surface area (Å²) in [5.74, 6) is 1.02. The lowest BCUT2D eigenvalue weighted by Crippen LogP contribution is -2.38. The first-order valence-electron chi connectivity index (χ1n) is 12.4. The van der Waals surface area contributed by atoms with Crippen LogP contribution in [0.1, 0.15) is 49.3 Å². The maximum atomic E-state index is 14.0. The van der Waals surface area contributed by atoms with Gasteiger partial charge in [-0.05, 0) is 59.9 Å². The zero-order chi connectivity index (χ0) is 26.1. The number of para-hydroxylation sites is 2. The number of ether oxygens (including phenoxy) is 2. The van der Waals surface area contributed by atoms with E-state index in [2.05, 4.69) is 5.32 Å². The highest BCUT2D eigenvalue weighted by Crippen LogP contribution is 2.48. The van der Waals surface area contributed by atoms with Crippen LogP contribution >= 0.6 is 11.6 Å². The monoisotopic (exact) mass is 516 g/mol. The number of halogens is 1. The molecule has 0 radical (unpaired) electrons. The Bertz CT molecular complexity index is 1400. The smallest absolute Gasteiger partial charge is 0.227 e. The van der Waals surface area contributed by atoms with Gasteiger partial charge in [-0.25, -0.2) is 0 Å². The van der Waals surface area contributed by atoms with Crippen molar-refractivity contribution in [1.82, 2.24) is 0 Å². The van der Waals surface area contributed by atoms with E-state index in [1.807, 2.05) is 73.7 Å². The van der Waals surface area contributed by atoms with Crippen molar-refractivity contribution >= 4 is 34.7 Å². The minimum atomic E-state index is -0.619. The molecular weight excluding hydrogens is 488 g/mol. The van der Waals surface area contributed by atoms with Crippen molar-refractivity contribution in [3.63, 3.8) is 0 Å². The van der Waals surface area contributed by atoms with Crippen LogP contribution in [0.15, 0.2) is 78.0 Å². The first-order valence-corrected chi connectivity index (χ1v) is 12.7. The minimum Gasteiger partial charge on any atom is -0.493 e. The Morgan fingerprint density at radius 1 is 0.973 bits per heavy atom. The molecule has 0 fully saturated rings. The van der Waals surface area contributed by atoms with Crippen molar-refractivity contribution < 1.29 is 19.1 Å². The predicted octanol–water partition coefficient (Wildman–Crippen LogP) is 6.67. The van der Waals surface area contributed by atoms with Gasteiger partial charge in [0.25, 0.3) is 0 Å². The number of hydrogen-bond donors (Lipinski definition) is 1. The number of anilines is 2. The molecule has 2 aliphatic rings. The topological polar surface area (TPSA) is 67.9 Å². The van der Waals surface area contributed by atoms with Crippen molar-refractivity contribution in [1.29, 1.82) is 0 Å². The summed E-state index contributed by atoms with van der Waals surface area (Å²) in [5, 5.41) is 4.19. The number of methoxy groups -OCH3 is 2. The molecule has 0 aromatic heterocycles. The van der Waals surface area contributed by atoms with E-state index >= 15 is 0 Å². The van der Waals surface area contributed by atoms with E-state index < -0.39 is 6.04 Å². The van der Waals surface area contributed by atoms with Crippen LogP contribution in [0.3, 0.4) is 0 Å². The number of nitrogens with zero attached hydrogens (tertiary/aromatic N) is 1. The van der Waals surface area contributed by atoms with E-state index in [0.717, 1.165) is 28.2 Å². The number of Topliss-reactive ketones (excluding diaryl/α,β-unsaturated/α-hetero) is 1. The molecule has 0 saturated carbocycles. The molecule has 3 aromatic carbocycles. The SMILES string of the molecule is CCC(=O)N1c2ccccc2NC2=C(C(=O)CC(c3cccc(Cl)c3)C2)C1c1ccc(OC)c(OC)c1. The predicted molar refractivity (Wildman–Crippen MR) is 146 cm³/mol. The van der Waals surface area contributed by atoms with Crippen LogP contribution in [0.5, 0.6) is 11.5 Å². The molecule has 2 unspecified atom stereocenters. The highest BCUT2D eigenvalue weighted by Gasteiger charge is 2.41. The van der Waals surface area contributed by atoms with Crippen molar-refractivity contribution in [3.05, 3.63) is 94.1 Å². The standard InChI is InChI=1S/C30H29ClN2O4/c1-4-28(35)33-24-11-6-5-10-22(24)32-23-15-20(18-8-7-9-21(31)14-18)16-25(34)29(23)30(33)19-12-13-26(36-2)27(17-19)37-3/h5-14,17,20,30,32H,4,15-16H2,1-3H3. The molecule has 3 aromatic rings. The quantitative estimate of drug-likeness (QED) is 0.410. The molecular formula is C30H29ClN2O4. The molecule has 37 heavy (non-hydrogen) atoms. The molecule has 1 aliphatic carbocycles. The van der Waals surface area contributed by atoms with Crippen LogP contribution in [-0.4, -0.2) is 25.9 Å². The molecule has 1 heterocycles. The number of allylic oxidation sites excluding steroid dienone is 1. The number of fused-ring (bicyclic) bond motifs is 1. The van der Waals surface area contributed by atoms with Gasteiger partial charge in [-0.2, -0.15) is 0 Å². The first kappa shape index (κ1) is 24.9. The van der Waals surface area contributed by atoms with Gasteiger partial charge in [0.15, 0.2) is 17.3 Å². The largest absolute Gasteiger partial charge is 0.493 e. The second kappa shape index (κ2) is 10.3. The third-order valence-corrected chi connectivity index (χ3v) is 7.34. The maximum Gasteiger partial charge on any atom is 0.227 e. The van der Waals surface area contributed by atoms with E-state index in [9.17, 15) is 9.59 Å². The van der Waals surface area contributed by atoms with Crippen LogP contribution in [0.25, 0.3) is 0 Å². The number of amides is 1. The molecule has 6 nitrogen and oxygen atoms in total. The molecule has 5 rings (SSSR count). The Kier molecular flexibility index (Phi) is 6.94. The third kappa shape index (κ3) is 4.58. The second-order valence-electron chi connectivity index (χ2n) is 9.25. The number of carbonyl (C=O) groups excluding carboxylic acids is 2. The normalized spacial score (nSPS) is 18.9. The molecule has 0 bridgehead atoms. The van der Waals surface area contributed by atoms with Crippen LogP contribution < -0.4 is 19.7 Å². The van der Waals surface area contributed by atoms with Gasteiger partial charge in [0.05, 0.1) is 31.6 Å². The van der Waals surface area contributed by atoms with E-state index in [1.54, 1.807) is 19.1 Å².